The van der Waals surface area contributed by atoms with E-state index in [0.29, 0.717) is 25.1 Å². The van der Waals surface area contributed by atoms with Crippen LogP contribution in [0.3, 0.4) is 0 Å². The Morgan fingerprint density at radius 3 is 2.22 bits per heavy atom. The topological polar surface area (TPSA) is 64.3 Å². The van der Waals surface area contributed by atoms with Gasteiger partial charge >= 0.3 is 5.97 Å². The minimum atomic E-state index is -0.694. The zero-order valence-electron chi connectivity index (χ0n) is 18.1. The van der Waals surface area contributed by atoms with Gasteiger partial charge in [-0.2, -0.15) is 0 Å². The van der Waals surface area contributed by atoms with Gasteiger partial charge in [-0.1, -0.05) is 13.8 Å². The lowest BCUT2D eigenvalue weighted by Crippen LogP contribution is -2.33. The van der Waals surface area contributed by atoms with E-state index in [4.69, 9.17) is 9.72 Å². The maximum Gasteiger partial charge on any atom is 0.308 e. The molecule has 32 heavy (non-hydrogen) atoms. The molecule has 0 saturated carbocycles. The van der Waals surface area contributed by atoms with Crippen molar-refractivity contribution in [1.82, 2.24) is 9.55 Å². The van der Waals surface area contributed by atoms with Gasteiger partial charge < -0.3 is 14.4 Å². The van der Waals surface area contributed by atoms with E-state index in [1.807, 2.05) is 13.8 Å². The quantitative estimate of drug-likeness (QED) is 0.543. The summed E-state index contributed by atoms with van der Waals surface area (Å²) in [6.07, 6.45) is -0.151. The third-order valence-electron chi connectivity index (χ3n) is 5.66. The molecule has 2 atom stereocenters. The first-order valence-corrected chi connectivity index (χ1v) is 10.8. The fourth-order valence-corrected chi connectivity index (χ4v) is 4.16. The third-order valence-corrected chi connectivity index (χ3v) is 5.66. The van der Waals surface area contributed by atoms with Gasteiger partial charge in [0.1, 0.15) is 23.6 Å². The van der Waals surface area contributed by atoms with Gasteiger partial charge in [-0.3, -0.25) is 4.79 Å². The number of cyclic esters (lactones) is 1. The van der Waals surface area contributed by atoms with Crippen LogP contribution in [0, 0.1) is 11.6 Å². The standard InChI is InChI=1S/C25H26F2N2O3/c1-15(2)25-28-23(16-3-7-18(26)8-4-16)24(17-5-9-19(27)10-6-17)29(25)12-11-21-13-20(30)14-22(31)32-21/h3-10,15,20-21,30H,11-14H2,1-2H3/t20-,21-/m0/s1. The van der Waals surface area contributed by atoms with Crippen LogP contribution in [0.2, 0.25) is 0 Å². The van der Waals surface area contributed by atoms with Crippen LogP contribution in [0.5, 0.6) is 0 Å². The molecule has 0 spiro atoms. The van der Waals surface area contributed by atoms with Crippen molar-refractivity contribution < 1.29 is 23.4 Å². The molecule has 2 aromatic carbocycles. The molecule has 7 heteroatoms. The summed E-state index contributed by atoms with van der Waals surface area (Å²) in [5, 5.41) is 9.94. The number of hydrogen-bond donors (Lipinski definition) is 1. The molecule has 1 N–H and O–H groups in total. The molecular formula is C25H26F2N2O3. The number of halogens is 2. The highest BCUT2D eigenvalue weighted by Gasteiger charge is 2.28. The number of carbonyl (C=O) groups excluding carboxylic acids is 1. The van der Waals surface area contributed by atoms with Crippen molar-refractivity contribution in [1.29, 1.82) is 0 Å². The first-order chi connectivity index (χ1) is 15.3. The van der Waals surface area contributed by atoms with E-state index in [1.165, 1.54) is 24.3 Å². The number of nitrogens with zero attached hydrogens (tertiary/aromatic N) is 2. The molecule has 0 unspecified atom stereocenters. The van der Waals surface area contributed by atoms with Crippen LogP contribution >= 0.6 is 0 Å². The van der Waals surface area contributed by atoms with Crippen molar-refractivity contribution in [3.8, 4) is 22.5 Å². The number of rotatable bonds is 6. The Balaban J connectivity index is 1.78. The molecule has 168 valence electrons. The summed E-state index contributed by atoms with van der Waals surface area (Å²) in [5.41, 5.74) is 3.01. The predicted molar refractivity (Wildman–Crippen MR) is 117 cm³/mol. The number of carbonyl (C=O) groups is 1. The number of imidazole rings is 1. The maximum absolute atomic E-state index is 13.6. The summed E-state index contributed by atoms with van der Waals surface area (Å²) in [5.74, 6) is -0.156. The van der Waals surface area contributed by atoms with Gasteiger partial charge in [0.05, 0.1) is 23.9 Å². The molecule has 0 amide bonds. The first-order valence-electron chi connectivity index (χ1n) is 10.8. The maximum atomic E-state index is 13.6. The molecule has 0 radical (unpaired) electrons. The van der Waals surface area contributed by atoms with Crippen molar-refractivity contribution in [2.45, 2.75) is 57.8 Å². The highest BCUT2D eigenvalue weighted by atomic mass is 19.1. The number of benzene rings is 2. The van der Waals surface area contributed by atoms with Gasteiger partial charge in [-0.05, 0) is 48.5 Å². The fourth-order valence-electron chi connectivity index (χ4n) is 4.16. The lowest BCUT2D eigenvalue weighted by molar-refractivity contribution is -0.160. The lowest BCUT2D eigenvalue weighted by atomic mass is 10.0. The van der Waals surface area contributed by atoms with Crippen LogP contribution in [0.1, 0.15) is 44.9 Å². The van der Waals surface area contributed by atoms with Crippen LogP contribution in [-0.2, 0) is 16.1 Å². The van der Waals surface area contributed by atoms with Crippen LogP contribution in [0.4, 0.5) is 8.78 Å². The lowest BCUT2D eigenvalue weighted by Gasteiger charge is -2.26. The molecule has 2 heterocycles. The van der Waals surface area contributed by atoms with Gasteiger partial charge in [0.2, 0.25) is 0 Å². The largest absolute Gasteiger partial charge is 0.462 e. The summed E-state index contributed by atoms with van der Waals surface area (Å²) in [4.78, 5) is 16.6. The van der Waals surface area contributed by atoms with E-state index < -0.39 is 12.1 Å². The molecule has 5 nitrogen and oxygen atoms in total. The molecule has 0 bridgehead atoms. The second-order valence-electron chi connectivity index (χ2n) is 8.48. The molecule has 1 aromatic heterocycles. The third kappa shape index (κ3) is 4.72. The first kappa shape index (κ1) is 22.1. The average Bonchev–Trinajstić information content (AvgIpc) is 3.12. The Kier molecular flexibility index (Phi) is 6.37. The van der Waals surface area contributed by atoms with Crippen molar-refractivity contribution >= 4 is 5.97 Å². The highest BCUT2D eigenvalue weighted by molar-refractivity contribution is 5.79. The molecule has 1 saturated heterocycles. The van der Waals surface area contributed by atoms with Crippen molar-refractivity contribution in [2.75, 3.05) is 0 Å². The summed E-state index contributed by atoms with van der Waals surface area (Å²) in [6.45, 7) is 4.57. The average molecular weight is 440 g/mol. The highest BCUT2D eigenvalue weighted by Crippen LogP contribution is 2.36. The number of aromatic nitrogens is 2. The molecule has 1 fully saturated rings. The Bertz CT molecular complexity index is 1090. The Morgan fingerprint density at radius 1 is 1.06 bits per heavy atom. The minimum absolute atomic E-state index is 0.0222. The molecule has 3 aromatic rings. The number of esters is 1. The molecule has 1 aliphatic heterocycles. The van der Waals surface area contributed by atoms with Gasteiger partial charge in [0.15, 0.2) is 0 Å². The van der Waals surface area contributed by atoms with E-state index in [-0.39, 0.29) is 30.1 Å². The molecular weight excluding hydrogens is 414 g/mol. The monoisotopic (exact) mass is 440 g/mol. The van der Waals surface area contributed by atoms with Crippen LogP contribution in [0.25, 0.3) is 22.5 Å². The summed E-state index contributed by atoms with van der Waals surface area (Å²) in [7, 11) is 0. The normalized spacial score (nSPS) is 18.8. The van der Waals surface area contributed by atoms with E-state index in [2.05, 4.69) is 4.57 Å². The number of aliphatic hydroxyl groups is 1. The van der Waals surface area contributed by atoms with Crippen molar-refractivity contribution in [3.05, 3.63) is 66.0 Å². The number of aliphatic hydroxyl groups excluding tert-OH is 1. The van der Waals surface area contributed by atoms with Crippen LogP contribution in [0.15, 0.2) is 48.5 Å². The smallest absolute Gasteiger partial charge is 0.308 e. The number of hydrogen-bond acceptors (Lipinski definition) is 4. The Morgan fingerprint density at radius 2 is 1.66 bits per heavy atom. The number of ether oxygens (including phenoxy) is 1. The molecule has 1 aliphatic rings. The second-order valence-corrected chi connectivity index (χ2v) is 8.48. The zero-order chi connectivity index (χ0) is 22.8. The van der Waals surface area contributed by atoms with Crippen LogP contribution in [-0.4, -0.2) is 32.8 Å². The minimum Gasteiger partial charge on any atom is -0.462 e. The molecule has 4 rings (SSSR count). The van der Waals surface area contributed by atoms with E-state index in [0.717, 1.165) is 22.6 Å². The SMILES string of the molecule is CC(C)c1nc(-c2ccc(F)cc2)c(-c2ccc(F)cc2)n1CC[C@H]1C[C@H](O)CC(=O)O1. The van der Waals surface area contributed by atoms with Gasteiger partial charge in [-0.15, -0.1) is 0 Å². The van der Waals surface area contributed by atoms with Gasteiger partial charge in [0, 0.05) is 36.4 Å². The fraction of sp³-hybridized carbons (Fsp3) is 0.360. The van der Waals surface area contributed by atoms with E-state index in [1.54, 1.807) is 24.3 Å². The predicted octanol–water partition coefficient (Wildman–Crippen LogP) is 5.08. The Hall–Kier alpha value is -3.06. The summed E-state index contributed by atoms with van der Waals surface area (Å²) >= 11 is 0. The molecule has 0 aliphatic carbocycles. The van der Waals surface area contributed by atoms with E-state index >= 15 is 0 Å². The summed E-state index contributed by atoms with van der Waals surface area (Å²) in [6, 6.07) is 12.3. The Labute approximate surface area is 185 Å². The van der Waals surface area contributed by atoms with Gasteiger partial charge in [-0.25, -0.2) is 13.8 Å². The second kappa shape index (κ2) is 9.20. The van der Waals surface area contributed by atoms with Crippen molar-refractivity contribution in [2.24, 2.45) is 0 Å². The van der Waals surface area contributed by atoms with Crippen molar-refractivity contribution in [3.63, 3.8) is 0 Å². The zero-order valence-corrected chi connectivity index (χ0v) is 18.1. The van der Waals surface area contributed by atoms with Gasteiger partial charge in [0.25, 0.3) is 0 Å². The summed E-state index contributed by atoms with van der Waals surface area (Å²) < 4.78 is 34.7. The van der Waals surface area contributed by atoms with Crippen LogP contribution < -0.4 is 0 Å². The van der Waals surface area contributed by atoms with E-state index in [9.17, 15) is 18.7 Å².